The van der Waals surface area contributed by atoms with Crippen molar-refractivity contribution in [3.05, 3.63) is 11.5 Å². The fraction of sp³-hybridized carbons (Fsp3) is 0.767. The van der Waals surface area contributed by atoms with Gasteiger partial charge >= 0.3 is 11.6 Å². The lowest BCUT2D eigenvalue weighted by atomic mass is 10.1. The first-order valence-corrected chi connectivity index (χ1v) is 18.4. The van der Waals surface area contributed by atoms with Crippen LogP contribution in [0.4, 0.5) is 10.6 Å². The molecule has 262 valence electrons. The second-order valence-corrected chi connectivity index (χ2v) is 16.2. The Labute approximate surface area is 279 Å². The molecule has 0 bridgehead atoms. The van der Waals surface area contributed by atoms with Gasteiger partial charge in [0.2, 0.25) is 5.28 Å². The molecule has 2 aromatic rings. The number of nitrogens with zero attached hydrogens (tertiary/aromatic N) is 5. The monoisotopic (exact) mass is 701 g/mol. The lowest BCUT2D eigenvalue weighted by Crippen LogP contribution is -2.43. The normalized spacial score (nSPS) is 27.0. The summed E-state index contributed by atoms with van der Waals surface area (Å²) in [6.07, 6.45) is 1.77. The lowest BCUT2D eigenvalue weighted by molar-refractivity contribution is -0.221. The van der Waals surface area contributed by atoms with Crippen molar-refractivity contribution in [2.45, 2.75) is 122 Å². The van der Waals surface area contributed by atoms with E-state index in [1.165, 1.54) is 11.3 Å². The van der Waals surface area contributed by atoms with Crippen LogP contribution in [0.1, 0.15) is 80.4 Å². The average molecular weight is 702 g/mol. The Hall–Kier alpha value is -2.23. The molecule has 2 aromatic heterocycles. The molecule has 2 saturated heterocycles. The number of carbonyl (C=O) groups is 2. The molecule has 4 heterocycles. The van der Waals surface area contributed by atoms with Crippen LogP contribution in [-0.2, 0) is 42.3 Å². The molecule has 5 rings (SSSR count). The van der Waals surface area contributed by atoms with Crippen molar-refractivity contribution in [1.82, 2.24) is 19.7 Å². The molecule has 0 N–H and O–H groups in total. The Kier molecular flexibility index (Phi) is 10.4. The molecule has 1 aliphatic carbocycles. The number of aldehydes is 1. The number of amides is 1. The van der Waals surface area contributed by atoms with E-state index < -0.39 is 54.9 Å². The van der Waals surface area contributed by atoms with Gasteiger partial charge < -0.3 is 32.9 Å². The summed E-state index contributed by atoms with van der Waals surface area (Å²) in [6, 6.07) is -0.141. The largest absolute Gasteiger partial charge is 0.443 e. The van der Waals surface area contributed by atoms with E-state index in [2.05, 4.69) is 15.1 Å². The van der Waals surface area contributed by atoms with Gasteiger partial charge in [-0.15, -0.1) is 0 Å². The first-order valence-electron chi connectivity index (χ1n) is 16.0. The van der Waals surface area contributed by atoms with E-state index in [1.54, 1.807) is 59.6 Å². The van der Waals surface area contributed by atoms with Gasteiger partial charge in [-0.25, -0.2) is 9.48 Å². The number of ether oxygens (including phenoxy) is 6. The van der Waals surface area contributed by atoms with Gasteiger partial charge in [0.25, 0.3) is 7.37 Å². The molecule has 0 aromatic carbocycles. The third-order valence-corrected chi connectivity index (χ3v) is 10.6. The first kappa shape index (κ1) is 36.1. The molecule has 1 amide bonds. The molecule has 15 nitrogen and oxygen atoms in total. The van der Waals surface area contributed by atoms with Gasteiger partial charge in [-0.05, 0) is 72.9 Å². The van der Waals surface area contributed by atoms with Crippen molar-refractivity contribution in [1.29, 1.82) is 0 Å². The fourth-order valence-electron chi connectivity index (χ4n) is 6.31. The van der Waals surface area contributed by atoms with Crippen molar-refractivity contribution < 1.29 is 47.1 Å². The molecule has 1 saturated carbocycles. The lowest BCUT2D eigenvalue weighted by Gasteiger charge is -2.34. The van der Waals surface area contributed by atoms with Crippen LogP contribution < -0.4 is 4.90 Å². The smallest absolute Gasteiger partial charge is 0.416 e. The zero-order valence-electron chi connectivity index (χ0n) is 28.1. The van der Waals surface area contributed by atoms with E-state index in [0.717, 1.165) is 25.7 Å². The number of rotatable bonds is 12. The molecule has 3 aliphatic rings. The minimum absolute atomic E-state index is 0.0414. The topological polar surface area (TPSA) is 163 Å². The van der Waals surface area contributed by atoms with Crippen LogP contribution in [0.5, 0.6) is 0 Å². The van der Waals surface area contributed by atoms with Gasteiger partial charge in [-0.2, -0.15) is 15.1 Å². The predicted octanol–water partition coefficient (Wildman–Crippen LogP) is 5.43. The van der Waals surface area contributed by atoms with Crippen molar-refractivity contribution in [3.63, 3.8) is 0 Å². The van der Waals surface area contributed by atoms with Crippen LogP contribution in [0.15, 0.2) is 6.20 Å². The highest BCUT2D eigenvalue weighted by molar-refractivity contribution is 7.60. The maximum atomic E-state index is 13.6. The van der Waals surface area contributed by atoms with Gasteiger partial charge in [-0.3, -0.25) is 14.3 Å². The van der Waals surface area contributed by atoms with E-state index in [4.69, 9.17) is 44.5 Å². The van der Waals surface area contributed by atoms with Crippen LogP contribution in [0.2, 0.25) is 5.28 Å². The van der Waals surface area contributed by atoms with E-state index in [0.29, 0.717) is 17.3 Å². The number of anilines is 1. The summed E-state index contributed by atoms with van der Waals surface area (Å²) < 4.78 is 56.7. The van der Waals surface area contributed by atoms with Crippen molar-refractivity contribution in [3.8, 4) is 0 Å². The van der Waals surface area contributed by atoms with Gasteiger partial charge in [0.1, 0.15) is 23.9 Å². The van der Waals surface area contributed by atoms with E-state index in [-0.39, 0.29) is 37.0 Å². The molecular weight excluding hydrogens is 657 g/mol. The summed E-state index contributed by atoms with van der Waals surface area (Å²) in [5.41, 5.74) is -2.58. The van der Waals surface area contributed by atoms with Crippen LogP contribution >= 0.6 is 19.0 Å². The Bertz CT molecular complexity index is 1510. The van der Waals surface area contributed by atoms with Gasteiger partial charge in [0.05, 0.1) is 24.8 Å². The Balaban J connectivity index is 1.50. The van der Waals surface area contributed by atoms with Gasteiger partial charge in [0, 0.05) is 19.3 Å². The van der Waals surface area contributed by atoms with Crippen molar-refractivity contribution >= 4 is 48.2 Å². The molecule has 0 radical (unpaired) electrons. The minimum atomic E-state index is -3.74. The van der Waals surface area contributed by atoms with Crippen molar-refractivity contribution in [2.24, 2.45) is 0 Å². The maximum Gasteiger partial charge on any atom is 0.416 e. The zero-order chi connectivity index (χ0) is 34.4. The Morgan fingerprint density at radius 3 is 2.45 bits per heavy atom. The standard InChI is InChI=1S/C30H45ClN5O10P/c1-9-40-30(17-37,47(8,39)42-10-2)41-16-20-21-22(45-29(6,7)44-21)25(43-20)36-24-19(15-32-36)23(33-26(31)34-24)35(18-13-11-12-14-18)27(38)46-28(3,4)5/h15,17-18,20-22,25H,9-14,16H2,1-8H3/t20-,21-,22-,25-,30?,47?/m1/s1. The highest BCUT2D eigenvalue weighted by Crippen LogP contribution is 2.56. The summed E-state index contributed by atoms with van der Waals surface area (Å²) in [5.74, 6) is -0.716. The predicted molar refractivity (Wildman–Crippen MR) is 171 cm³/mol. The molecule has 2 aliphatic heterocycles. The van der Waals surface area contributed by atoms with Gasteiger partial charge in [-0.1, -0.05) is 12.8 Å². The fourth-order valence-corrected chi connectivity index (χ4v) is 8.01. The second kappa shape index (κ2) is 13.6. The SMILES string of the molecule is CCOC(C=O)(OC[C@H]1O[C@@H](n2ncc3c(N(C(=O)OC(C)(C)C)C4CCCC4)nc(Cl)nc32)[C@@H]2OC(C)(C)O[C@@H]21)P(C)(=O)OCC. The summed E-state index contributed by atoms with van der Waals surface area (Å²) in [6.45, 7) is 13.4. The maximum absolute atomic E-state index is 13.6. The number of hydrogen-bond donors (Lipinski definition) is 0. The summed E-state index contributed by atoms with van der Waals surface area (Å²) in [4.78, 5) is 36.5. The second-order valence-electron chi connectivity index (χ2n) is 13.3. The van der Waals surface area contributed by atoms with Crippen molar-refractivity contribution in [2.75, 3.05) is 31.4 Å². The van der Waals surface area contributed by atoms with Gasteiger partial charge in [0.15, 0.2) is 29.8 Å². The Morgan fingerprint density at radius 2 is 1.83 bits per heavy atom. The van der Waals surface area contributed by atoms with E-state index in [1.807, 2.05) is 0 Å². The van der Waals surface area contributed by atoms with Crippen LogP contribution in [0, 0.1) is 0 Å². The molecule has 6 atom stereocenters. The van der Waals surface area contributed by atoms with E-state index in [9.17, 15) is 14.2 Å². The molecule has 17 heteroatoms. The zero-order valence-corrected chi connectivity index (χ0v) is 29.8. The Morgan fingerprint density at radius 1 is 1.15 bits per heavy atom. The number of aromatic nitrogens is 4. The summed E-state index contributed by atoms with van der Waals surface area (Å²) in [5, 5.41) is 4.98. The summed E-state index contributed by atoms with van der Waals surface area (Å²) in [7, 11) is -3.74. The number of fused-ring (bicyclic) bond motifs is 2. The van der Waals surface area contributed by atoms with Crippen LogP contribution in [0.25, 0.3) is 11.0 Å². The third kappa shape index (κ3) is 7.23. The first-order chi connectivity index (χ1) is 22.0. The quantitative estimate of drug-likeness (QED) is 0.119. The van der Waals surface area contributed by atoms with Crippen LogP contribution in [-0.4, -0.2) is 99.9 Å². The number of halogens is 1. The molecule has 3 fully saturated rings. The highest BCUT2D eigenvalue weighted by atomic mass is 35.5. The highest BCUT2D eigenvalue weighted by Gasteiger charge is 2.58. The number of carbonyl (C=O) groups excluding carboxylic acids is 2. The minimum Gasteiger partial charge on any atom is -0.443 e. The summed E-state index contributed by atoms with van der Waals surface area (Å²) >= 11 is 6.50. The molecular formula is C30H45ClN5O10P. The average Bonchev–Trinajstić information content (AvgIpc) is 3.75. The van der Waals surface area contributed by atoms with E-state index >= 15 is 0 Å². The number of hydrogen-bond acceptors (Lipinski definition) is 13. The third-order valence-electron chi connectivity index (χ3n) is 8.18. The molecule has 0 spiro atoms. The molecule has 2 unspecified atom stereocenters. The molecule has 47 heavy (non-hydrogen) atoms. The van der Waals surface area contributed by atoms with Crippen LogP contribution in [0.3, 0.4) is 0 Å².